The molecule has 0 bridgehead atoms. The summed E-state index contributed by atoms with van der Waals surface area (Å²) in [4.78, 5) is 10.6. The van der Waals surface area contributed by atoms with Crippen molar-refractivity contribution in [2.24, 2.45) is 5.41 Å². The molecule has 1 saturated carbocycles. The molecular weight excluding hydrogens is 124 g/mol. The Bertz CT molecular complexity index is 122. The van der Waals surface area contributed by atoms with Gasteiger partial charge in [0.15, 0.2) is 0 Å². The molecule has 56 valence electrons. The third-order valence-corrected chi connectivity index (χ3v) is 2.43. The van der Waals surface area contributed by atoms with Gasteiger partial charge in [0.05, 0.1) is 0 Å². The molecule has 0 unspecified atom stereocenters. The van der Waals surface area contributed by atoms with E-state index in [9.17, 15) is 4.79 Å². The van der Waals surface area contributed by atoms with Crippen molar-refractivity contribution in [1.82, 2.24) is 0 Å². The lowest BCUT2D eigenvalue weighted by Gasteiger charge is -2.28. The van der Waals surface area contributed by atoms with Crippen molar-refractivity contribution in [1.29, 1.82) is 0 Å². The lowest BCUT2D eigenvalue weighted by atomic mass is 9.75. The van der Waals surface area contributed by atoms with Gasteiger partial charge in [-0.3, -0.25) is 0 Å². The van der Waals surface area contributed by atoms with Crippen LogP contribution in [-0.2, 0) is 4.79 Å². The fraction of sp³-hybridized carbons (Fsp3) is 0.667. The largest absolute Gasteiger partial charge is 0.302 e. The number of allylic oxidation sites excluding steroid dienone is 1. The molecule has 1 rings (SSSR count). The van der Waals surface area contributed by atoms with Crippen LogP contribution in [0.1, 0.15) is 32.1 Å². The standard InChI is InChI=1S/C9H14O/c1-2-9(8-10)6-4-3-5-7-9/h2,8H,1,3-7H2. The van der Waals surface area contributed by atoms with Gasteiger partial charge in [0, 0.05) is 5.41 Å². The lowest BCUT2D eigenvalue weighted by molar-refractivity contribution is -0.115. The Kier molecular flexibility index (Phi) is 2.25. The SMILES string of the molecule is C=CC1(C=O)CCCCC1. The Morgan fingerprint density at radius 2 is 1.80 bits per heavy atom. The molecule has 1 fully saturated rings. The van der Waals surface area contributed by atoms with Crippen molar-refractivity contribution >= 4 is 6.29 Å². The molecule has 0 radical (unpaired) electrons. The van der Waals surface area contributed by atoms with Crippen molar-refractivity contribution in [2.75, 3.05) is 0 Å². The minimum absolute atomic E-state index is 0.155. The molecule has 0 N–H and O–H groups in total. The smallest absolute Gasteiger partial charge is 0.129 e. The molecule has 1 aliphatic rings. The molecule has 10 heavy (non-hydrogen) atoms. The molecule has 0 saturated heterocycles. The summed E-state index contributed by atoms with van der Waals surface area (Å²) < 4.78 is 0. The number of hydrogen-bond donors (Lipinski definition) is 0. The zero-order valence-corrected chi connectivity index (χ0v) is 6.31. The van der Waals surface area contributed by atoms with Crippen LogP contribution in [0.3, 0.4) is 0 Å². The maximum Gasteiger partial charge on any atom is 0.129 e. The number of rotatable bonds is 2. The molecular formula is C9H14O. The maximum absolute atomic E-state index is 10.6. The van der Waals surface area contributed by atoms with E-state index in [0.29, 0.717) is 0 Å². The second-order valence-electron chi connectivity index (χ2n) is 3.12. The van der Waals surface area contributed by atoms with Gasteiger partial charge in [0.1, 0.15) is 6.29 Å². The van der Waals surface area contributed by atoms with Crippen molar-refractivity contribution in [2.45, 2.75) is 32.1 Å². The first kappa shape index (κ1) is 7.52. The third-order valence-electron chi connectivity index (χ3n) is 2.43. The predicted molar refractivity (Wildman–Crippen MR) is 41.8 cm³/mol. The zero-order valence-electron chi connectivity index (χ0n) is 6.31. The van der Waals surface area contributed by atoms with Gasteiger partial charge < -0.3 is 4.79 Å². The van der Waals surface area contributed by atoms with Crippen molar-refractivity contribution in [3.05, 3.63) is 12.7 Å². The van der Waals surface area contributed by atoms with E-state index in [-0.39, 0.29) is 5.41 Å². The number of carbonyl (C=O) groups is 1. The molecule has 0 spiro atoms. The molecule has 0 aliphatic heterocycles. The van der Waals surface area contributed by atoms with Gasteiger partial charge in [-0.05, 0) is 12.8 Å². The zero-order chi connectivity index (χ0) is 7.45. The van der Waals surface area contributed by atoms with Crippen molar-refractivity contribution < 1.29 is 4.79 Å². The highest BCUT2D eigenvalue weighted by atomic mass is 16.1. The normalized spacial score (nSPS) is 23.6. The Morgan fingerprint density at radius 1 is 1.20 bits per heavy atom. The maximum atomic E-state index is 10.6. The highest BCUT2D eigenvalue weighted by Crippen LogP contribution is 2.34. The van der Waals surface area contributed by atoms with E-state index in [4.69, 9.17) is 0 Å². The van der Waals surface area contributed by atoms with Crippen LogP contribution >= 0.6 is 0 Å². The summed E-state index contributed by atoms with van der Waals surface area (Å²) in [6.45, 7) is 3.70. The summed E-state index contributed by atoms with van der Waals surface area (Å²) in [6, 6.07) is 0. The van der Waals surface area contributed by atoms with Gasteiger partial charge in [0.2, 0.25) is 0 Å². The molecule has 0 aromatic rings. The quantitative estimate of drug-likeness (QED) is 0.423. The van der Waals surface area contributed by atoms with Gasteiger partial charge in [0.25, 0.3) is 0 Å². The Balaban J connectivity index is 2.60. The molecule has 0 amide bonds. The number of carbonyl (C=O) groups excluding carboxylic acids is 1. The van der Waals surface area contributed by atoms with Gasteiger partial charge in [-0.1, -0.05) is 25.3 Å². The minimum Gasteiger partial charge on any atom is -0.302 e. The van der Waals surface area contributed by atoms with Gasteiger partial charge >= 0.3 is 0 Å². The van der Waals surface area contributed by atoms with E-state index in [0.717, 1.165) is 19.1 Å². The molecule has 0 atom stereocenters. The summed E-state index contributed by atoms with van der Waals surface area (Å²) in [6.07, 6.45) is 8.57. The van der Waals surface area contributed by atoms with Crippen LogP contribution in [0.2, 0.25) is 0 Å². The van der Waals surface area contributed by atoms with E-state index >= 15 is 0 Å². The summed E-state index contributed by atoms with van der Waals surface area (Å²) in [5.74, 6) is 0. The topological polar surface area (TPSA) is 17.1 Å². The Hall–Kier alpha value is -0.590. The second-order valence-corrected chi connectivity index (χ2v) is 3.12. The first-order valence-corrected chi connectivity index (χ1v) is 3.93. The van der Waals surface area contributed by atoms with Gasteiger partial charge in [-0.15, -0.1) is 6.58 Å². The highest BCUT2D eigenvalue weighted by Gasteiger charge is 2.27. The fourth-order valence-electron chi connectivity index (χ4n) is 1.58. The van der Waals surface area contributed by atoms with Crippen LogP contribution in [0.5, 0.6) is 0 Å². The molecule has 0 aromatic carbocycles. The predicted octanol–water partition coefficient (Wildman–Crippen LogP) is 2.32. The minimum atomic E-state index is -0.155. The number of hydrogen-bond acceptors (Lipinski definition) is 1. The van der Waals surface area contributed by atoms with Crippen molar-refractivity contribution in [3.63, 3.8) is 0 Å². The van der Waals surface area contributed by atoms with Crippen LogP contribution in [-0.4, -0.2) is 6.29 Å². The van der Waals surface area contributed by atoms with E-state index in [1.807, 2.05) is 6.08 Å². The summed E-state index contributed by atoms with van der Waals surface area (Å²) >= 11 is 0. The first-order chi connectivity index (χ1) is 4.83. The molecule has 1 aliphatic carbocycles. The highest BCUT2D eigenvalue weighted by molar-refractivity contribution is 5.62. The monoisotopic (exact) mass is 138 g/mol. The van der Waals surface area contributed by atoms with Crippen LogP contribution in [0.25, 0.3) is 0 Å². The second kappa shape index (κ2) is 3.00. The molecule has 1 heteroatoms. The molecule has 1 nitrogen and oxygen atoms in total. The van der Waals surface area contributed by atoms with Crippen LogP contribution in [0.4, 0.5) is 0 Å². The first-order valence-electron chi connectivity index (χ1n) is 3.93. The van der Waals surface area contributed by atoms with Crippen molar-refractivity contribution in [3.8, 4) is 0 Å². The average Bonchev–Trinajstić information content (AvgIpc) is 2.06. The van der Waals surface area contributed by atoms with Gasteiger partial charge in [-0.2, -0.15) is 0 Å². The van der Waals surface area contributed by atoms with E-state index in [1.165, 1.54) is 19.3 Å². The Labute approximate surface area is 62.1 Å². The molecule has 0 heterocycles. The average molecular weight is 138 g/mol. The van der Waals surface area contributed by atoms with E-state index < -0.39 is 0 Å². The fourth-order valence-corrected chi connectivity index (χ4v) is 1.58. The van der Waals surface area contributed by atoms with Crippen LogP contribution in [0.15, 0.2) is 12.7 Å². The van der Waals surface area contributed by atoms with E-state index in [1.54, 1.807) is 0 Å². The Morgan fingerprint density at radius 3 is 2.10 bits per heavy atom. The number of aldehydes is 1. The lowest BCUT2D eigenvalue weighted by Crippen LogP contribution is -2.22. The summed E-state index contributed by atoms with van der Waals surface area (Å²) in [5.41, 5.74) is -0.155. The summed E-state index contributed by atoms with van der Waals surface area (Å²) in [7, 11) is 0. The van der Waals surface area contributed by atoms with Crippen LogP contribution in [0, 0.1) is 5.41 Å². The third kappa shape index (κ3) is 1.28. The van der Waals surface area contributed by atoms with E-state index in [2.05, 4.69) is 6.58 Å². The van der Waals surface area contributed by atoms with Crippen LogP contribution < -0.4 is 0 Å². The molecule has 0 aromatic heterocycles. The summed E-state index contributed by atoms with van der Waals surface area (Å²) in [5, 5.41) is 0. The van der Waals surface area contributed by atoms with Gasteiger partial charge in [-0.25, -0.2) is 0 Å².